The van der Waals surface area contributed by atoms with Crippen LogP contribution in [0, 0.1) is 6.92 Å². The molecule has 2 rings (SSSR count). The molecule has 0 spiro atoms. The lowest BCUT2D eigenvalue weighted by molar-refractivity contribution is 0.377. The molecular formula is C14H22N2. The second kappa shape index (κ2) is 7.07. The van der Waals surface area contributed by atoms with Crippen LogP contribution >= 0.6 is 0 Å². The van der Waals surface area contributed by atoms with Gasteiger partial charge in [0.25, 0.3) is 0 Å². The topological polar surface area (TPSA) is 29.3 Å². The van der Waals surface area contributed by atoms with Crippen LogP contribution in [0.4, 0.5) is 5.69 Å². The van der Waals surface area contributed by atoms with Crippen LogP contribution in [0.1, 0.15) is 18.4 Å². The zero-order valence-corrected chi connectivity index (χ0v) is 10.2. The summed E-state index contributed by atoms with van der Waals surface area (Å²) in [6, 6.07) is 7.79. The highest BCUT2D eigenvalue weighted by Crippen LogP contribution is 2.05. The van der Waals surface area contributed by atoms with Gasteiger partial charge in [0, 0.05) is 12.2 Å². The van der Waals surface area contributed by atoms with Crippen molar-refractivity contribution in [3.63, 3.8) is 0 Å². The van der Waals surface area contributed by atoms with Gasteiger partial charge in [-0.1, -0.05) is 23.8 Å². The van der Waals surface area contributed by atoms with Crippen molar-refractivity contribution in [3.05, 3.63) is 42.5 Å². The molecule has 1 aromatic rings. The summed E-state index contributed by atoms with van der Waals surface area (Å²) in [5.74, 6) is 0. The molecule has 0 aromatic heterocycles. The van der Waals surface area contributed by atoms with Gasteiger partial charge < -0.3 is 5.73 Å². The Kier molecular flexibility index (Phi) is 5.65. The van der Waals surface area contributed by atoms with E-state index in [1.165, 1.54) is 31.5 Å². The van der Waals surface area contributed by atoms with E-state index >= 15 is 0 Å². The van der Waals surface area contributed by atoms with Crippen LogP contribution in [-0.2, 0) is 0 Å². The third-order valence-corrected chi connectivity index (χ3v) is 2.66. The van der Waals surface area contributed by atoms with Crippen LogP contribution in [0.3, 0.4) is 0 Å². The molecule has 1 aliphatic rings. The third kappa shape index (κ3) is 4.99. The van der Waals surface area contributed by atoms with Crippen LogP contribution in [-0.4, -0.2) is 24.5 Å². The predicted octanol–water partition coefficient (Wildman–Crippen LogP) is 2.85. The van der Waals surface area contributed by atoms with Crippen LogP contribution < -0.4 is 5.73 Å². The fourth-order valence-corrected chi connectivity index (χ4v) is 1.71. The van der Waals surface area contributed by atoms with Crippen LogP contribution in [0.2, 0.25) is 0 Å². The standard InChI is InChI=1S/C7H9N.C7H13N/c1-6-2-4-7(8)5-3-6;1-2-5-8-6-3-4-7-8/h2-5H,8H2,1H3;2H,1,3-7H2. The van der Waals surface area contributed by atoms with Crippen molar-refractivity contribution in [2.45, 2.75) is 19.8 Å². The van der Waals surface area contributed by atoms with E-state index in [1.54, 1.807) is 0 Å². The lowest BCUT2D eigenvalue weighted by Gasteiger charge is -2.09. The molecular weight excluding hydrogens is 196 g/mol. The van der Waals surface area contributed by atoms with Crippen molar-refractivity contribution in [1.82, 2.24) is 4.90 Å². The number of anilines is 1. The maximum atomic E-state index is 5.43. The maximum absolute atomic E-state index is 5.43. The molecule has 1 aliphatic heterocycles. The maximum Gasteiger partial charge on any atom is 0.0314 e. The van der Waals surface area contributed by atoms with Crippen molar-refractivity contribution in [3.8, 4) is 0 Å². The number of hydrogen-bond donors (Lipinski definition) is 1. The molecule has 2 nitrogen and oxygen atoms in total. The second-order valence-corrected chi connectivity index (χ2v) is 4.21. The van der Waals surface area contributed by atoms with Gasteiger partial charge in [0.1, 0.15) is 0 Å². The fourth-order valence-electron chi connectivity index (χ4n) is 1.71. The van der Waals surface area contributed by atoms with Gasteiger partial charge in [-0.2, -0.15) is 0 Å². The smallest absolute Gasteiger partial charge is 0.0314 e. The highest BCUT2D eigenvalue weighted by atomic mass is 15.1. The van der Waals surface area contributed by atoms with Crippen LogP contribution in [0.5, 0.6) is 0 Å². The number of benzene rings is 1. The molecule has 0 unspecified atom stereocenters. The van der Waals surface area contributed by atoms with Crippen molar-refractivity contribution in [2.75, 3.05) is 25.4 Å². The first-order valence-corrected chi connectivity index (χ1v) is 5.88. The van der Waals surface area contributed by atoms with E-state index in [0.717, 1.165) is 12.2 Å². The SMILES string of the molecule is C=CCN1CCCC1.Cc1ccc(N)cc1. The molecule has 88 valence electrons. The molecule has 1 fully saturated rings. The molecule has 0 bridgehead atoms. The Hall–Kier alpha value is -1.28. The number of nitrogen functional groups attached to an aromatic ring is 1. The minimum Gasteiger partial charge on any atom is -0.399 e. The number of nitrogens with two attached hydrogens (primary N) is 1. The van der Waals surface area contributed by atoms with Gasteiger partial charge in [0.15, 0.2) is 0 Å². The summed E-state index contributed by atoms with van der Waals surface area (Å²) in [4.78, 5) is 2.42. The van der Waals surface area contributed by atoms with E-state index in [0.29, 0.717) is 0 Å². The minimum absolute atomic E-state index is 0.829. The molecule has 0 saturated carbocycles. The van der Waals surface area contributed by atoms with Crippen LogP contribution in [0.15, 0.2) is 36.9 Å². The Morgan fingerprint density at radius 2 is 1.81 bits per heavy atom. The summed E-state index contributed by atoms with van der Waals surface area (Å²) in [5.41, 5.74) is 7.51. The number of nitrogens with zero attached hydrogens (tertiary/aromatic N) is 1. The number of hydrogen-bond acceptors (Lipinski definition) is 2. The molecule has 0 aliphatic carbocycles. The monoisotopic (exact) mass is 218 g/mol. The normalized spacial score (nSPS) is 15.3. The summed E-state index contributed by atoms with van der Waals surface area (Å²) in [7, 11) is 0. The van der Waals surface area contributed by atoms with Crippen molar-refractivity contribution in [2.24, 2.45) is 0 Å². The van der Waals surface area contributed by atoms with E-state index < -0.39 is 0 Å². The van der Waals surface area contributed by atoms with Gasteiger partial charge in [-0.3, -0.25) is 4.90 Å². The Morgan fingerprint density at radius 3 is 2.25 bits per heavy atom. The Bertz CT molecular complexity index is 276. The van der Waals surface area contributed by atoms with E-state index in [4.69, 9.17) is 5.73 Å². The quantitative estimate of drug-likeness (QED) is 0.611. The Balaban J connectivity index is 0.000000160. The highest BCUT2D eigenvalue weighted by Gasteiger charge is 2.07. The van der Waals surface area contributed by atoms with Gasteiger partial charge in [-0.05, 0) is 45.0 Å². The van der Waals surface area contributed by atoms with Gasteiger partial charge in [0.2, 0.25) is 0 Å². The van der Waals surface area contributed by atoms with Gasteiger partial charge in [-0.25, -0.2) is 0 Å². The van der Waals surface area contributed by atoms with Gasteiger partial charge in [0.05, 0.1) is 0 Å². The minimum atomic E-state index is 0.829. The molecule has 0 amide bonds. The second-order valence-electron chi connectivity index (χ2n) is 4.21. The fraction of sp³-hybridized carbons (Fsp3) is 0.429. The molecule has 1 saturated heterocycles. The Labute approximate surface area is 98.8 Å². The first kappa shape index (κ1) is 12.8. The van der Waals surface area contributed by atoms with Crippen LogP contribution in [0.25, 0.3) is 0 Å². The van der Waals surface area contributed by atoms with E-state index in [9.17, 15) is 0 Å². The average molecular weight is 218 g/mol. The summed E-state index contributed by atoms with van der Waals surface area (Å²) in [6.45, 7) is 9.37. The predicted molar refractivity (Wildman–Crippen MR) is 71.5 cm³/mol. The summed E-state index contributed by atoms with van der Waals surface area (Å²) >= 11 is 0. The zero-order chi connectivity index (χ0) is 11.8. The first-order valence-electron chi connectivity index (χ1n) is 5.88. The average Bonchev–Trinajstić information content (AvgIpc) is 2.77. The lowest BCUT2D eigenvalue weighted by Crippen LogP contribution is -2.18. The van der Waals surface area contributed by atoms with Crippen molar-refractivity contribution >= 4 is 5.69 Å². The highest BCUT2D eigenvalue weighted by molar-refractivity contribution is 5.38. The Morgan fingerprint density at radius 1 is 1.25 bits per heavy atom. The number of aryl methyl sites for hydroxylation is 1. The van der Waals surface area contributed by atoms with Crippen molar-refractivity contribution in [1.29, 1.82) is 0 Å². The third-order valence-electron chi connectivity index (χ3n) is 2.66. The van der Waals surface area contributed by atoms with Gasteiger partial charge >= 0.3 is 0 Å². The van der Waals surface area contributed by atoms with Crippen molar-refractivity contribution < 1.29 is 0 Å². The zero-order valence-electron chi connectivity index (χ0n) is 10.2. The van der Waals surface area contributed by atoms with E-state index in [-0.39, 0.29) is 0 Å². The lowest BCUT2D eigenvalue weighted by atomic mass is 10.2. The summed E-state index contributed by atoms with van der Waals surface area (Å²) in [5, 5.41) is 0. The van der Waals surface area contributed by atoms with E-state index in [2.05, 4.69) is 11.5 Å². The molecule has 2 N–H and O–H groups in total. The molecule has 1 heterocycles. The van der Waals surface area contributed by atoms with Gasteiger partial charge in [-0.15, -0.1) is 6.58 Å². The molecule has 0 atom stereocenters. The summed E-state index contributed by atoms with van der Waals surface area (Å²) in [6.07, 6.45) is 4.74. The largest absolute Gasteiger partial charge is 0.399 e. The molecule has 16 heavy (non-hydrogen) atoms. The van der Waals surface area contributed by atoms with E-state index in [1.807, 2.05) is 37.3 Å². The molecule has 1 aromatic carbocycles. The summed E-state index contributed by atoms with van der Waals surface area (Å²) < 4.78 is 0. The molecule has 2 heteroatoms. The number of rotatable bonds is 2. The molecule has 0 radical (unpaired) electrons. The number of likely N-dealkylation sites (tertiary alicyclic amines) is 1. The first-order chi connectivity index (χ1) is 7.72.